The van der Waals surface area contributed by atoms with Gasteiger partial charge in [-0.25, -0.2) is 4.79 Å². The lowest BCUT2D eigenvalue weighted by Crippen LogP contribution is -2.31. The van der Waals surface area contributed by atoms with Gasteiger partial charge in [-0.2, -0.15) is 0 Å². The zero-order valence-electron chi connectivity index (χ0n) is 8.88. The fourth-order valence-corrected chi connectivity index (χ4v) is 1.50. The monoisotopic (exact) mass is 233 g/mol. The van der Waals surface area contributed by atoms with Gasteiger partial charge in [0.15, 0.2) is 0 Å². The Morgan fingerprint density at radius 3 is 2.82 bits per heavy atom. The number of hydrogen-bond donors (Lipinski definition) is 3. The van der Waals surface area contributed by atoms with Gasteiger partial charge in [-0.3, -0.25) is 14.3 Å². The Morgan fingerprint density at radius 1 is 1.35 bits per heavy atom. The molecule has 0 spiro atoms. The van der Waals surface area contributed by atoms with E-state index in [1.54, 1.807) is 12.1 Å². The summed E-state index contributed by atoms with van der Waals surface area (Å²) in [5, 5.41) is 9.29. The van der Waals surface area contributed by atoms with Crippen LogP contribution in [0, 0.1) is 0 Å². The van der Waals surface area contributed by atoms with Crippen molar-refractivity contribution in [2.45, 2.75) is 6.54 Å². The molecule has 0 amide bonds. The molecule has 6 heteroatoms. The molecule has 0 radical (unpaired) electrons. The van der Waals surface area contributed by atoms with E-state index in [2.05, 4.69) is 4.98 Å². The molecule has 0 atom stereocenters. The van der Waals surface area contributed by atoms with Crippen LogP contribution in [-0.2, 0) is 6.54 Å². The molecule has 4 N–H and O–H groups in total. The van der Waals surface area contributed by atoms with Crippen molar-refractivity contribution in [1.29, 1.82) is 0 Å². The van der Waals surface area contributed by atoms with Gasteiger partial charge in [0.05, 0.1) is 6.54 Å². The van der Waals surface area contributed by atoms with E-state index < -0.39 is 11.2 Å². The Morgan fingerprint density at radius 2 is 2.12 bits per heavy atom. The van der Waals surface area contributed by atoms with Gasteiger partial charge < -0.3 is 10.8 Å². The van der Waals surface area contributed by atoms with Crippen LogP contribution < -0.4 is 17.0 Å². The molecule has 1 heterocycles. The minimum atomic E-state index is -0.595. The molecular formula is C11H11N3O3. The standard InChI is InChI=1S/C11H11N3O3/c12-9-6-14(11(17)13-10(9)16)5-7-2-1-3-8(15)4-7/h1-4,6,15H,5,12H2,(H,13,16,17). The maximum Gasteiger partial charge on any atom is 0.328 e. The molecule has 0 unspecified atom stereocenters. The fourth-order valence-electron chi connectivity index (χ4n) is 1.50. The number of nitrogen functional groups attached to an aromatic ring is 1. The summed E-state index contributed by atoms with van der Waals surface area (Å²) >= 11 is 0. The van der Waals surface area contributed by atoms with E-state index in [9.17, 15) is 14.7 Å². The highest BCUT2D eigenvalue weighted by atomic mass is 16.3. The third-order valence-corrected chi connectivity index (χ3v) is 2.30. The molecule has 17 heavy (non-hydrogen) atoms. The van der Waals surface area contributed by atoms with Gasteiger partial charge in [0, 0.05) is 6.20 Å². The zero-order valence-corrected chi connectivity index (χ0v) is 8.88. The highest BCUT2D eigenvalue weighted by molar-refractivity contribution is 5.31. The number of phenols is 1. The second-order valence-electron chi connectivity index (χ2n) is 3.64. The molecule has 1 aromatic carbocycles. The lowest BCUT2D eigenvalue weighted by atomic mass is 10.2. The van der Waals surface area contributed by atoms with Crippen molar-refractivity contribution in [3.63, 3.8) is 0 Å². The maximum absolute atomic E-state index is 11.5. The summed E-state index contributed by atoms with van der Waals surface area (Å²) in [6, 6.07) is 6.50. The number of rotatable bonds is 2. The molecule has 6 nitrogen and oxygen atoms in total. The number of aromatic nitrogens is 2. The molecule has 0 saturated heterocycles. The Labute approximate surface area is 96.0 Å². The molecule has 0 bridgehead atoms. The Kier molecular flexibility index (Phi) is 2.70. The van der Waals surface area contributed by atoms with Gasteiger partial charge in [0.25, 0.3) is 5.56 Å². The number of nitrogens with two attached hydrogens (primary N) is 1. The Balaban J connectivity index is 2.40. The van der Waals surface area contributed by atoms with Crippen molar-refractivity contribution in [2.75, 3.05) is 5.73 Å². The summed E-state index contributed by atoms with van der Waals surface area (Å²) in [4.78, 5) is 24.6. The van der Waals surface area contributed by atoms with E-state index in [0.717, 1.165) is 5.56 Å². The second-order valence-corrected chi connectivity index (χ2v) is 3.64. The SMILES string of the molecule is Nc1cn(Cc2cccc(O)c2)c(=O)[nH]c1=O. The Hall–Kier alpha value is -2.50. The zero-order chi connectivity index (χ0) is 12.4. The number of aromatic hydroxyl groups is 1. The highest BCUT2D eigenvalue weighted by Gasteiger charge is 2.02. The average molecular weight is 233 g/mol. The largest absolute Gasteiger partial charge is 0.508 e. The number of nitrogens with one attached hydrogen (secondary N) is 1. The van der Waals surface area contributed by atoms with E-state index >= 15 is 0 Å². The van der Waals surface area contributed by atoms with Crippen LogP contribution in [0.5, 0.6) is 5.75 Å². The van der Waals surface area contributed by atoms with Crippen molar-refractivity contribution >= 4 is 5.69 Å². The highest BCUT2D eigenvalue weighted by Crippen LogP contribution is 2.11. The van der Waals surface area contributed by atoms with E-state index in [1.807, 2.05) is 0 Å². The first-order valence-corrected chi connectivity index (χ1v) is 4.93. The second kappa shape index (κ2) is 4.17. The predicted molar refractivity (Wildman–Crippen MR) is 62.9 cm³/mol. The third-order valence-electron chi connectivity index (χ3n) is 2.30. The van der Waals surface area contributed by atoms with Crippen LogP contribution in [0.3, 0.4) is 0 Å². The minimum Gasteiger partial charge on any atom is -0.508 e. The lowest BCUT2D eigenvalue weighted by molar-refractivity contribution is 0.474. The molecule has 88 valence electrons. The van der Waals surface area contributed by atoms with Crippen molar-refractivity contribution < 1.29 is 5.11 Å². The normalized spacial score (nSPS) is 10.4. The van der Waals surface area contributed by atoms with E-state index in [-0.39, 0.29) is 18.0 Å². The van der Waals surface area contributed by atoms with Crippen LogP contribution in [0.25, 0.3) is 0 Å². The first-order valence-electron chi connectivity index (χ1n) is 4.93. The molecule has 0 saturated carbocycles. The molecule has 1 aromatic heterocycles. The minimum absolute atomic E-state index is 0.0234. The first-order chi connectivity index (χ1) is 8.06. The van der Waals surface area contributed by atoms with Gasteiger partial charge in [-0.15, -0.1) is 0 Å². The number of nitrogens with zero attached hydrogens (tertiary/aromatic N) is 1. The van der Waals surface area contributed by atoms with E-state index in [4.69, 9.17) is 5.73 Å². The fraction of sp³-hybridized carbons (Fsp3) is 0.0909. The molecule has 2 rings (SSSR count). The lowest BCUT2D eigenvalue weighted by Gasteiger charge is -2.06. The van der Waals surface area contributed by atoms with E-state index in [1.165, 1.54) is 22.9 Å². The summed E-state index contributed by atoms with van der Waals surface area (Å²) in [7, 11) is 0. The Bertz CT molecular complexity index is 657. The summed E-state index contributed by atoms with van der Waals surface area (Å²) < 4.78 is 1.27. The molecule has 0 aliphatic carbocycles. The van der Waals surface area contributed by atoms with E-state index in [0.29, 0.717) is 0 Å². The van der Waals surface area contributed by atoms with Gasteiger partial charge in [-0.1, -0.05) is 12.1 Å². The molecule has 0 aliphatic rings. The number of aromatic amines is 1. The first kappa shape index (κ1) is 11.0. The van der Waals surface area contributed by atoms with Crippen LogP contribution in [0.4, 0.5) is 5.69 Å². The summed E-state index contributed by atoms with van der Waals surface area (Å²) in [6.07, 6.45) is 1.28. The topological polar surface area (TPSA) is 101 Å². The average Bonchev–Trinajstić information content (AvgIpc) is 2.26. The molecule has 0 aliphatic heterocycles. The number of benzene rings is 1. The summed E-state index contributed by atoms with van der Waals surface area (Å²) in [6.45, 7) is 0.230. The number of anilines is 1. The number of H-pyrrole nitrogens is 1. The number of phenolic OH excluding ortho intramolecular Hbond substituents is 1. The predicted octanol–water partition coefficient (Wildman–Crippen LogP) is -0.127. The van der Waals surface area contributed by atoms with Crippen molar-refractivity contribution in [3.05, 3.63) is 56.9 Å². The molecular weight excluding hydrogens is 222 g/mol. The van der Waals surface area contributed by atoms with Crippen molar-refractivity contribution in [1.82, 2.24) is 9.55 Å². The van der Waals surface area contributed by atoms with Crippen molar-refractivity contribution in [2.24, 2.45) is 0 Å². The molecule has 0 fully saturated rings. The van der Waals surface area contributed by atoms with Gasteiger partial charge in [-0.05, 0) is 17.7 Å². The van der Waals surface area contributed by atoms with Crippen LogP contribution in [-0.4, -0.2) is 14.7 Å². The third kappa shape index (κ3) is 2.36. The summed E-state index contributed by atoms with van der Waals surface area (Å²) in [5.41, 5.74) is 5.00. The van der Waals surface area contributed by atoms with Crippen LogP contribution in [0.2, 0.25) is 0 Å². The summed E-state index contributed by atoms with van der Waals surface area (Å²) in [5.74, 6) is 0.118. The smallest absolute Gasteiger partial charge is 0.328 e. The van der Waals surface area contributed by atoms with Crippen LogP contribution in [0.1, 0.15) is 5.56 Å². The van der Waals surface area contributed by atoms with Crippen LogP contribution in [0.15, 0.2) is 40.1 Å². The number of hydrogen-bond acceptors (Lipinski definition) is 4. The van der Waals surface area contributed by atoms with Gasteiger partial charge in [0.1, 0.15) is 11.4 Å². The molecule has 2 aromatic rings. The maximum atomic E-state index is 11.5. The van der Waals surface area contributed by atoms with Crippen LogP contribution >= 0.6 is 0 Å². The van der Waals surface area contributed by atoms with Crippen molar-refractivity contribution in [3.8, 4) is 5.75 Å². The van der Waals surface area contributed by atoms with Gasteiger partial charge in [0.2, 0.25) is 0 Å². The quantitative estimate of drug-likeness (QED) is 0.672. The van der Waals surface area contributed by atoms with Gasteiger partial charge >= 0.3 is 5.69 Å².